The highest BCUT2D eigenvalue weighted by Gasteiger charge is 2.30. The van der Waals surface area contributed by atoms with Gasteiger partial charge in [0.2, 0.25) is 0 Å². The molecule has 0 unspecified atom stereocenters. The summed E-state index contributed by atoms with van der Waals surface area (Å²) in [5, 5.41) is 13.3. The first kappa shape index (κ1) is 24.9. The van der Waals surface area contributed by atoms with Crippen LogP contribution in [0.15, 0.2) is 60.8 Å². The van der Waals surface area contributed by atoms with Crippen molar-refractivity contribution in [3.8, 4) is 0 Å². The summed E-state index contributed by atoms with van der Waals surface area (Å²) in [6.07, 6.45) is 2.22. The normalized spacial score (nSPS) is 12.4. The van der Waals surface area contributed by atoms with Crippen molar-refractivity contribution in [2.24, 2.45) is 0 Å². The summed E-state index contributed by atoms with van der Waals surface area (Å²) < 4.78 is 11.6. The molecular formula is C25H32N2O5. The molecule has 32 heavy (non-hydrogen) atoms. The second-order valence-electron chi connectivity index (χ2n) is 7.51. The third kappa shape index (κ3) is 6.59. The number of hydrogen-bond donors (Lipinski definition) is 2. The van der Waals surface area contributed by atoms with Crippen LogP contribution in [0.1, 0.15) is 37.3 Å². The fourth-order valence-corrected chi connectivity index (χ4v) is 3.54. The quantitative estimate of drug-likeness (QED) is 0.525. The van der Waals surface area contributed by atoms with Crippen LogP contribution in [-0.2, 0) is 27.4 Å². The molecule has 0 bridgehead atoms. The third-order valence-electron chi connectivity index (χ3n) is 5.03. The number of carboxylic acids is 1. The van der Waals surface area contributed by atoms with Crippen molar-refractivity contribution in [2.75, 3.05) is 14.2 Å². The van der Waals surface area contributed by atoms with Crippen LogP contribution < -0.4 is 5.32 Å². The highest BCUT2D eigenvalue weighted by Crippen LogP contribution is 2.30. The first-order chi connectivity index (χ1) is 15.4. The number of benzene rings is 2. The van der Waals surface area contributed by atoms with E-state index in [4.69, 9.17) is 4.74 Å². The van der Waals surface area contributed by atoms with Gasteiger partial charge in [0, 0.05) is 43.8 Å². The summed E-state index contributed by atoms with van der Waals surface area (Å²) in [5.41, 5.74) is 2.79. The molecule has 0 saturated carbocycles. The number of aromatic nitrogens is 1. The zero-order valence-electron chi connectivity index (χ0n) is 19.1. The molecule has 7 nitrogen and oxygen atoms in total. The van der Waals surface area contributed by atoms with E-state index in [1.54, 1.807) is 14.2 Å². The maximum Gasteiger partial charge on any atom is 0.408 e. The molecule has 1 aromatic heterocycles. The molecule has 0 radical (unpaired) electrons. The standard InChI is InChI=1S/C23H26N2O4.C2H6O/c1-3-13-25-14-19(18-11-7-8-12-20(18)25)16(2)21(22(26)27)24-23(28)29-15-17-9-5-4-6-10-17;1-3-2/h4-12,14,16,21H,3,13,15H2,1-2H3,(H,24,28)(H,26,27);1-2H3/t16-,21-;/m1./s1. The van der Waals surface area contributed by atoms with E-state index in [1.165, 1.54) is 0 Å². The molecule has 0 aliphatic carbocycles. The van der Waals surface area contributed by atoms with Crippen molar-refractivity contribution in [3.63, 3.8) is 0 Å². The third-order valence-corrected chi connectivity index (χ3v) is 5.03. The Labute approximate surface area is 189 Å². The molecule has 3 rings (SSSR count). The van der Waals surface area contributed by atoms with Gasteiger partial charge in [-0.3, -0.25) is 0 Å². The molecule has 0 saturated heterocycles. The Bertz CT molecular complexity index is 1000. The summed E-state index contributed by atoms with van der Waals surface area (Å²) in [5.74, 6) is -1.53. The average Bonchev–Trinajstić information content (AvgIpc) is 3.15. The Morgan fingerprint density at radius 1 is 1.06 bits per heavy atom. The van der Waals surface area contributed by atoms with Gasteiger partial charge in [0.15, 0.2) is 0 Å². The lowest BCUT2D eigenvalue weighted by atomic mass is 9.93. The molecule has 3 aromatic rings. The fourth-order valence-electron chi connectivity index (χ4n) is 3.54. The van der Waals surface area contributed by atoms with Crippen molar-refractivity contribution in [1.82, 2.24) is 9.88 Å². The molecule has 2 atom stereocenters. The van der Waals surface area contributed by atoms with Crippen molar-refractivity contribution >= 4 is 23.0 Å². The van der Waals surface area contributed by atoms with Crippen LogP contribution >= 0.6 is 0 Å². The lowest BCUT2D eigenvalue weighted by Crippen LogP contribution is -2.44. The monoisotopic (exact) mass is 440 g/mol. The number of aryl methyl sites for hydroxylation is 1. The number of aliphatic carboxylic acids is 1. The van der Waals surface area contributed by atoms with Gasteiger partial charge in [0.05, 0.1) is 0 Å². The minimum atomic E-state index is -1.10. The Balaban J connectivity index is 0.00000114. The van der Waals surface area contributed by atoms with E-state index in [0.29, 0.717) is 0 Å². The van der Waals surface area contributed by atoms with Gasteiger partial charge in [-0.2, -0.15) is 0 Å². The largest absolute Gasteiger partial charge is 0.480 e. The topological polar surface area (TPSA) is 89.8 Å². The number of methoxy groups -OCH3 is 1. The zero-order chi connectivity index (χ0) is 23.5. The second-order valence-corrected chi connectivity index (χ2v) is 7.51. The smallest absolute Gasteiger partial charge is 0.408 e. The number of amides is 1. The Hall–Kier alpha value is -3.32. The van der Waals surface area contributed by atoms with E-state index < -0.39 is 24.0 Å². The molecule has 0 spiro atoms. The number of para-hydroxylation sites is 1. The summed E-state index contributed by atoms with van der Waals surface area (Å²) in [7, 11) is 3.25. The first-order valence-corrected chi connectivity index (χ1v) is 10.6. The van der Waals surface area contributed by atoms with E-state index in [0.717, 1.165) is 35.0 Å². The Kier molecular flexibility index (Phi) is 9.76. The lowest BCUT2D eigenvalue weighted by molar-refractivity contribution is -0.139. The van der Waals surface area contributed by atoms with Gasteiger partial charge >= 0.3 is 12.1 Å². The number of alkyl carbamates (subject to hydrolysis) is 1. The van der Waals surface area contributed by atoms with E-state index in [2.05, 4.69) is 21.5 Å². The molecule has 1 amide bonds. The van der Waals surface area contributed by atoms with Gasteiger partial charge in [-0.05, 0) is 23.6 Å². The van der Waals surface area contributed by atoms with Crippen LogP contribution in [0.25, 0.3) is 10.9 Å². The maximum atomic E-state index is 12.2. The molecule has 7 heteroatoms. The van der Waals surface area contributed by atoms with E-state index in [9.17, 15) is 14.7 Å². The zero-order valence-corrected chi connectivity index (χ0v) is 19.1. The van der Waals surface area contributed by atoms with Crippen molar-refractivity contribution < 1.29 is 24.2 Å². The molecule has 2 N–H and O–H groups in total. The maximum absolute atomic E-state index is 12.2. The molecule has 0 aliphatic heterocycles. The fraction of sp³-hybridized carbons (Fsp3) is 0.360. The van der Waals surface area contributed by atoms with E-state index >= 15 is 0 Å². The lowest BCUT2D eigenvalue weighted by Gasteiger charge is -2.21. The van der Waals surface area contributed by atoms with Gasteiger partial charge < -0.3 is 24.5 Å². The molecule has 172 valence electrons. The van der Waals surface area contributed by atoms with Crippen LogP contribution in [0.2, 0.25) is 0 Å². The van der Waals surface area contributed by atoms with Gasteiger partial charge in [-0.1, -0.05) is 62.4 Å². The number of nitrogens with one attached hydrogen (secondary N) is 1. The van der Waals surface area contributed by atoms with Crippen molar-refractivity contribution in [2.45, 2.75) is 45.4 Å². The highest BCUT2D eigenvalue weighted by molar-refractivity contribution is 5.87. The van der Waals surface area contributed by atoms with Gasteiger partial charge in [-0.25, -0.2) is 9.59 Å². The van der Waals surface area contributed by atoms with Gasteiger partial charge in [0.1, 0.15) is 12.6 Å². The van der Waals surface area contributed by atoms with Crippen LogP contribution in [0.3, 0.4) is 0 Å². The summed E-state index contributed by atoms with van der Waals surface area (Å²) in [4.78, 5) is 24.2. The van der Waals surface area contributed by atoms with E-state index in [1.807, 2.05) is 67.7 Å². The minimum Gasteiger partial charge on any atom is -0.480 e. The Morgan fingerprint density at radius 2 is 1.69 bits per heavy atom. The number of fused-ring (bicyclic) bond motifs is 1. The number of ether oxygens (including phenoxy) is 2. The summed E-state index contributed by atoms with van der Waals surface area (Å²) in [6.45, 7) is 4.84. The van der Waals surface area contributed by atoms with Crippen LogP contribution in [0.5, 0.6) is 0 Å². The second kappa shape index (κ2) is 12.5. The molecule has 1 heterocycles. The van der Waals surface area contributed by atoms with Crippen LogP contribution in [0.4, 0.5) is 4.79 Å². The van der Waals surface area contributed by atoms with Crippen molar-refractivity contribution in [3.05, 3.63) is 71.9 Å². The summed E-state index contributed by atoms with van der Waals surface area (Å²) in [6, 6.07) is 16.1. The molecular weight excluding hydrogens is 408 g/mol. The predicted octanol–water partition coefficient (Wildman–Crippen LogP) is 4.80. The predicted molar refractivity (Wildman–Crippen MR) is 125 cm³/mol. The van der Waals surface area contributed by atoms with Gasteiger partial charge in [-0.15, -0.1) is 0 Å². The number of carbonyl (C=O) groups is 2. The van der Waals surface area contributed by atoms with Gasteiger partial charge in [0.25, 0.3) is 0 Å². The minimum absolute atomic E-state index is 0.0865. The average molecular weight is 441 g/mol. The molecule has 0 aliphatic rings. The number of nitrogens with zero attached hydrogens (tertiary/aromatic N) is 1. The first-order valence-electron chi connectivity index (χ1n) is 10.6. The number of carbonyl (C=O) groups excluding carboxylic acids is 1. The number of hydrogen-bond acceptors (Lipinski definition) is 4. The van der Waals surface area contributed by atoms with Crippen LogP contribution in [-0.4, -0.2) is 42.0 Å². The highest BCUT2D eigenvalue weighted by atomic mass is 16.5. The Morgan fingerprint density at radius 3 is 2.31 bits per heavy atom. The number of rotatable bonds is 8. The van der Waals surface area contributed by atoms with Crippen molar-refractivity contribution in [1.29, 1.82) is 0 Å². The summed E-state index contributed by atoms with van der Waals surface area (Å²) >= 11 is 0. The number of carboxylic acid groups (broad SMARTS) is 1. The SMILES string of the molecule is CCCn1cc([C@@H](C)[C@@H](NC(=O)OCc2ccccc2)C(=O)O)c2ccccc21.COC. The van der Waals surface area contributed by atoms with E-state index in [-0.39, 0.29) is 6.61 Å². The molecule has 0 fully saturated rings. The molecule has 2 aromatic carbocycles. The van der Waals surface area contributed by atoms with Crippen LogP contribution in [0, 0.1) is 0 Å².